The number of benzene rings is 1. The summed E-state index contributed by atoms with van der Waals surface area (Å²) in [4.78, 5) is 2.63. The highest BCUT2D eigenvalue weighted by Crippen LogP contribution is 2.18. The van der Waals surface area contributed by atoms with Crippen molar-refractivity contribution in [2.75, 3.05) is 13.1 Å². The van der Waals surface area contributed by atoms with E-state index < -0.39 is 0 Å². The lowest BCUT2D eigenvalue weighted by molar-refractivity contribution is 0.0956. The van der Waals surface area contributed by atoms with Crippen molar-refractivity contribution in [2.24, 2.45) is 5.92 Å². The van der Waals surface area contributed by atoms with E-state index in [0.717, 1.165) is 19.6 Å². The molecule has 0 unspecified atom stereocenters. The van der Waals surface area contributed by atoms with Crippen LogP contribution in [0.25, 0.3) is 0 Å². The summed E-state index contributed by atoms with van der Waals surface area (Å²) in [6.07, 6.45) is 0. The minimum absolute atomic E-state index is 0.605. The van der Waals surface area contributed by atoms with Gasteiger partial charge in [-0.15, -0.1) is 0 Å². The summed E-state index contributed by atoms with van der Waals surface area (Å²) in [5.41, 5.74) is 1.42. The molecule has 1 aliphatic rings. The highest BCUT2D eigenvalue weighted by molar-refractivity contribution is 5.14. The first-order valence-electron chi connectivity index (χ1n) is 6.68. The predicted octanol–water partition coefficient (Wildman–Crippen LogP) is 2.50. The lowest BCUT2D eigenvalue weighted by atomic mass is 9.98. The summed E-state index contributed by atoms with van der Waals surface area (Å²) in [5.74, 6) is 0.707. The molecule has 1 heterocycles. The highest BCUT2D eigenvalue weighted by atomic mass is 15.2. The molecule has 1 aromatic rings. The molecule has 94 valence electrons. The van der Waals surface area contributed by atoms with E-state index in [-0.39, 0.29) is 0 Å². The van der Waals surface area contributed by atoms with Crippen molar-refractivity contribution in [1.29, 1.82) is 0 Å². The molecule has 0 amide bonds. The first-order valence-corrected chi connectivity index (χ1v) is 6.68. The first kappa shape index (κ1) is 12.6. The molecule has 0 aliphatic carbocycles. The molecule has 1 N–H and O–H groups in total. The largest absolute Gasteiger partial charge is 0.311 e. The van der Waals surface area contributed by atoms with E-state index in [9.17, 15) is 0 Å². The van der Waals surface area contributed by atoms with Crippen molar-refractivity contribution >= 4 is 0 Å². The Morgan fingerprint density at radius 2 is 2.00 bits per heavy atom. The third-order valence-corrected chi connectivity index (χ3v) is 3.65. The van der Waals surface area contributed by atoms with Crippen LogP contribution < -0.4 is 5.32 Å². The molecule has 1 aromatic carbocycles. The summed E-state index contributed by atoms with van der Waals surface area (Å²) in [5, 5.41) is 3.59. The molecule has 2 atom stereocenters. The molecular formula is C15H24N2. The van der Waals surface area contributed by atoms with Crippen molar-refractivity contribution < 1.29 is 0 Å². The molecule has 0 saturated carbocycles. The highest BCUT2D eigenvalue weighted by Gasteiger charge is 2.27. The monoisotopic (exact) mass is 232 g/mol. The van der Waals surface area contributed by atoms with Gasteiger partial charge in [0.2, 0.25) is 0 Å². The lowest BCUT2D eigenvalue weighted by Gasteiger charge is -2.41. The Morgan fingerprint density at radius 3 is 2.65 bits per heavy atom. The zero-order valence-corrected chi connectivity index (χ0v) is 11.2. The normalized spacial score (nSPS) is 26.4. The third-order valence-electron chi connectivity index (χ3n) is 3.65. The quantitative estimate of drug-likeness (QED) is 0.861. The van der Waals surface area contributed by atoms with Crippen LogP contribution in [-0.2, 0) is 6.54 Å². The number of nitrogens with one attached hydrogen (secondary N) is 1. The van der Waals surface area contributed by atoms with Crippen molar-refractivity contribution in [3.05, 3.63) is 35.9 Å². The molecule has 1 aliphatic heterocycles. The number of piperazine rings is 1. The third kappa shape index (κ3) is 3.30. The minimum Gasteiger partial charge on any atom is -0.311 e. The molecule has 2 nitrogen and oxygen atoms in total. The fourth-order valence-corrected chi connectivity index (χ4v) is 2.66. The molecule has 2 rings (SSSR count). The zero-order valence-electron chi connectivity index (χ0n) is 11.2. The average Bonchev–Trinajstić information content (AvgIpc) is 2.30. The number of rotatable bonds is 3. The summed E-state index contributed by atoms with van der Waals surface area (Å²) in [6.45, 7) is 10.3. The van der Waals surface area contributed by atoms with Gasteiger partial charge in [-0.2, -0.15) is 0 Å². The van der Waals surface area contributed by atoms with Gasteiger partial charge in [0.25, 0.3) is 0 Å². The number of nitrogens with zero attached hydrogens (tertiary/aromatic N) is 1. The molecule has 0 radical (unpaired) electrons. The van der Waals surface area contributed by atoms with Crippen LogP contribution in [0.1, 0.15) is 26.3 Å². The molecular weight excluding hydrogens is 208 g/mol. The van der Waals surface area contributed by atoms with Crippen molar-refractivity contribution in [2.45, 2.75) is 39.4 Å². The van der Waals surface area contributed by atoms with Crippen LogP contribution in [0.2, 0.25) is 0 Å². The van der Waals surface area contributed by atoms with E-state index in [1.165, 1.54) is 5.56 Å². The van der Waals surface area contributed by atoms with Crippen molar-refractivity contribution in [3.63, 3.8) is 0 Å². The van der Waals surface area contributed by atoms with Gasteiger partial charge in [0.15, 0.2) is 0 Å². The Bertz CT molecular complexity index is 334. The van der Waals surface area contributed by atoms with E-state index in [4.69, 9.17) is 0 Å². The Kier molecular flexibility index (Phi) is 4.19. The summed E-state index contributed by atoms with van der Waals surface area (Å²) in [7, 11) is 0. The van der Waals surface area contributed by atoms with Crippen LogP contribution in [0.15, 0.2) is 30.3 Å². The molecule has 0 spiro atoms. The molecule has 1 fully saturated rings. The van der Waals surface area contributed by atoms with Gasteiger partial charge in [-0.05, 0) is 18.4 Å². The fraction of sp³-hybridized carbons (Fsp3) is 0.600. The summed E-state index contributed by atoms with van der Waals surface area (Å²) in [6, 6.07) is 12.1. The van der Waals surface area contributed by atoms with Crippen LogP contribution in [0.4, 0.5) is 0 Å². The standard InChI is InChI=1S/C15H24N2/c1-12(2)15-9-16-13(3)10-17(15)11-14-7-5-4-6-8-14/h4-8,12-13,15-16H,9-11H2,1-3H3/t13-,15-/m1/s1. The van der Waals surface area contributed by atoms with Crippen LogP contribution in [-0.4, -0.2) is 30.1 Å². The summed E-state index contributed by atoms with van der Waals surface area (Å²) < 4.78 is 0. The van der Waals surface area contributed by atoms with E-state index in [1.54, 1.807) is 0 Å². The predicted molar refractivity (Wildman–Crippen MR) is 72.9 cm³/mol. The van der Waals surface area contributed by atoms with Gasteiger partial charge in [0.1, 0.15) is 0 Å². The first-order chi connectivity index (χ1) is 8.16. The van der Waals surface area contributed by atoms with Crippen LogP contribution in [0.5, 0.6) is 0 Å². The Balaban J connectivity index is 2.05. The number of hydrogen-bond donors (Lipinski definition) is 1. The second kappa shape index (κ2) is 5.65. The van der Waals surface area contributed by atoms with Crippen molar-refractivity contribution in [1.82, 2.24) is 10.2 Å². The van der Waals surface area contributed by atoms with E-state index >= 15 is 0 Å². The fourth-order valence-electron chi connectivity index (χ4n) is 2.66. The summed E-state index contributed by atoms with van der Waals surface area (Å²) >= 11 is 0. The smallest absolute Gasteiger partial charge is 0.0247 e. The Morgan fingerprint density at radius 1 is 1.29 bits per heavy atom. The maximum absolute atomic E-state index is 3.59. The van der Waals surface area contributed by atoms with Gasteiger partial charge < -0.3 is 5.32 Å². The topological polar surface area (TPSA) is 15.3 Å². The molecule has 2 heteroatoms. The van der Waals surface area contributed by atoms with E-state index in [1.807, 2.05) is 0 Å². The Labute approximate surface area is 105 Å². The lowest BCUT2D eigenvalue weighted by Crippen LogP contribution is -2.56. The van der Waals surface area contributed by atoms with Crippen LogP contribution in [0, 0.1) is 5.92 Å². The van der Waals surface area contributed by atoms with Gasteiger partial charge in [-0.3, -0.25) is 4.90 Å². The maximum Gasteiger partial charge on any atom is 0.0247 e. The maximum atomic E-state index is 3.59. The van der Waals surface area contributed by atoms with Gasteiger partial charge in [0, 0.05) is 31.7 Å². The van der Waals surface area contributed by atoms with Gasteiger partial charge in [-0.25, -0.2) is 0 Å². The van der Waals surface area contributed by atoms with Crippen molar-refractivity contribution in [3.8, 4) is 0 Å². The SMILES string of the molecule is CC(C)[C@H]1CN[C@H](C)CN1Cc1ccccc1. The average molecular weight is 232 g/mol. The van der Waals surface area contributed by atoms with Gasteiger partial charge in [0.05, 0.1) is 0 Å². The molecule has 17 heavy (non-hydrogen) atoms. The van der Waals surface area contributed by atoms with Crippen LogP contribution >= 0.6 is 0 Å². The molecule has 0 bridgehead atoms. The Hall–Kier alpha value is -0.860. The van der Waals surface area contributed by atoms with Gasteiger partial charge in [-0.1, -0.05) is 44.2 Å². The molecule has 0 aromatic heterocycles. The second-order valence-corrected chi connectivity index (χ2v) is 5.54. The van der Waals surface area contributed by atoms with Crippen LogP contribution in [0.3, 0.4) is 0 Å². The molecule has 1 saturated heterocycles. The zero-order chi connectivity index (χ0) is 12.3. The van der Waals surface area contributed by atoms with E-state index in [2.05, 4.69) is 61.3 Å². The minimum atomic E-state index is 0.605. The second-order valence-electron chi connectivity index (χ2n) is 5.54. The van der Waals surface area contributed by atoms with Gasteiger partial charge >= 0.3 is 0 Å². The number of hydrogen-bond acceptors (Lipinski definition) is 2. The van der Waals surface area contributed by atoms with E-state index in [0.29, 0.717) is 18.0 Å².